The number of aryl methyl sites for hydroxylation is 2. The molecule has 0 saturated carbocycles. The normalized spacial score (nSPS) is 13.1. The molecule has 0 atom stereocenters. The summed E-state index contributed by atoms with van der Waals surface area (Å²) in [6.07, 6.45) is 1.73. The Morgan fingerprint density at radius 2 is 2.03 bits per heavy atom. The van der Waals surface area contributed by atoms with Crippen LogP contribution >= 0.6 is 11.6 Å². The van der Waals surface area contributed by atoms with E-state index in [1.165, 1.54) is 25.1 Å². The van der Waals surface area contributed by atoms with Crippen molar-refractivity contribution in [1.29, 1.82) is 0 Å². The van der Waals surface area contributed by atoms with Crippen LogP contribution in [0.5, 0.6) is 0 Å². The second kappa shape index (κ2) is 8.28. The fourth-order valence-electron chi connectivity index (χ4n) is 3.58. The number of benzene rings is 2. The number of rotatable bonds is 4. The van der Waals surface area contributed by atoms with Crippen molar-refractivity contribution in [2.24, 2.45) is 0 Å². The van der Waals surface area contributed by atoms with Gasteiger partial charge in [-0.1, -0.05) is 41.0 Å². The molecule has 154 valence electrons. The first-order valence-electron chi connectivity index (χ1n) is 9.43. The molecule has 6 nitrogen and oxygen atoms in total. The molecule has 2 heterocycles. The van der Waals surface area contributed by atoms with Crippen LogP contribution in [-0.2, 0) is 16.0 Å². The van der Waals surface area contributed by atoms with Crippen molar-refractivity contribution in [3.63, 3.8) is 0 Å². The van der Waals surface area contributed by atoms with E-state index < -0.39 is 18.4 Å². The lowest BCUT2D eigenvalue weighted by molar-refractivity contribution is -0.121. The highest BCUT2D eigenvalue weighted by Crippen LogP contribution is 2.34. The van der Waals surface area contributed by atoms with Gasteiger partial charge in [0.2, 0.25) is 0 Å². The molecule has 2 aromatic carbocycles. The van der Waals surface area contributed by atoms with E-state index in [4.69, 9.17) is 20.9 Å². The first-order chi connectivity index (χ1) is 14.5. The fraction of sp³-hybridized carbons (Fsp3) is 0.227. The lowest BCUT2D eigenvalue weighted by Gasteiger charge is -2.29. The molecule has 0 bridgehead atoms. The Balaban J connectivity index is 1.54. The van der Waals surface area contributed by atoms with Gasteiger partial charge in [-0.25, -0.2) is 9.18 Å². The maximum atomic E-state index is 14.3. The van der Waals surface area contributed by atoms with Crippen molar-refractivity contribution in [1.82, 2.24) is 5.16 Å². The van der Waals surface area contributed by atoms with Gasteiger partial charge in [0.25, 0.3) is 5.91 Å². The number of para-hydroxylation sites is 1. The number of fused-ring (bicyclic) bond motifs is 1. The van der Waals surface area contributed by atoms with Crippen LogP contribution in [0.2, 0.25) is 5.02 Å². The molecule has 1 aliphatic heterocycles. The third-order valence-electron chi connectivity index (χ3n) is 5.00. The minimum Gasteiger partial charge on any atom is -0.452 e. The van der Waals surface area contributed by atoms with Gasteiger partial charge in [0.1, 0.15) is 22.8 Å². The highest BCUT2D eigenvalue weighted by Gasteiger charge is 2.28. The maximum absolute atomic E-state index is 14.3. The van der Waals surface area contributed by atoms with E-state index in [1.54, 1.807) is 4.90 Å². The van der Waals surface area contributed by atoms with Crippen LogP contribution in [0.25, 0.3) is 11.3 Å². The molecular formula is C22H18ClFN2O4. The van der Waals surface area contributed by atoms with Crippen molar-refractivity contribution < 1.29 is 23.2 Å². The number of amides is 1. The summed E-state index contributed by atoms with van der Waals surface area (Å²) in [5.74, 6) is -1.67. The zero-order valence-electron chi connectivity index (χ0n) is 16.2. The number of halogens is 2. The Labute approximate surface area is 177 Å². The molecule has 0 radical (unpaired) electrons. The molecule has 8 heteroatoms. The molecule has 0 aliphatic carbocycles. The second-order valence-corrected chi connectivity index (χ2v) is 7.32. The van der Waals surface area contributed by atoms with Crippen LogP contribution in [0.3, 0.4) is 0 Å². The van der Waals surface area contributed by atoms with Gasteiger partial charge in [-0.2, -0.15) is 0 Å². The van der Waals surface area contributed by atoms with E-state index in [-0.39, 0.29) is 33.5 Å². The largest absolute Gasteiger partial charge is 0.452 e. The lowest BCUT2D eigenvalue weighted by Crippen LogP contribution is -2.38. The average molecular weight is 429 g/mol. The van der Waals surface area contributed by atoms with E-state index >= 15 is 0 Å². The molecule has 1 aromatic heterocycles. The highest BCUT2D eigenvalue weighted by molar-refractivity contribution is 6.33. The Morgan fingerprint density at radius 3 is 2.83 bits per heavy atom. The van der Waals surface area contributed by atoms with Gasteiger partial charge >= 0.3 is 5.97 Å². The number of hydrogen-bond acceptors (Lipinski definition) is 5. The Kier molecular flexibility index (Phi) is 5.55. The summed E-state index contributed by atoms with van der Waals surface area (Å²) in [5.41, 5.74) is 1.73. The molecule has 0 N–H and O–H groups in total. The summed E-state index contributed by atoms with van der Waals surface area (Å²) >= 11 is 6.09. The van der Waals surface area contributed by atoms with E-state index in [0.29, 0.717) is 6.54 Å². The maximum Gasteiger partial charge on any atom is 0.344 e. The monoisotopic (exact) mass is 428 g/mol. The molecule has 0 fully saturated rings. The standard InChI is InChI=1S/C22H18ClFN2O4/c1-13-19(21(25-30-13)20-15(23)8-4-9-16(20)24)22(28)29-12-18(27)26-11-5-7-14-6-2-3-10-17(14)26/h2-4,6,8-10H,5,7,11-12H2,1H3. The van der Waals surface area contributed by atoms with Crippen molar-refractivity contribution >= 4 is 29.2 Å². The topological polar surface area (TPSA) is 72.6 Å². The second-order valence-electron chi connectivity index (χ2n) is 6.91. The number of nitrogens with zero attached hydrogens (tertiary/aromatic N) is 2. The highest BCUT2D eigenvalue weighted by atomic mass is 35.5. The Morgan fingerprint density at radius 1 is 1.23 bits per heavy atom. The summed E-state index contributed by atoms with van der Waals surface area (Å²) in [5, 5.41) is 3.86. The minimum absolute atomic E-state index is 0.0562. The van der Waals surface area contributed by atoms with Crippen LogP contribution < -0.4 is 4.90 Å². The molecule has 0 spiro atoms. The molecule has 4 rings (SSSR count). The Hall–Kier alpha value is -3.19. The summed E-state index contributed by atoms with van der Waals surface area (Å²) < 4.78 is 24.6. The quantitative estimate of drug-likeness (QED) is 0.569. The number of anilines is 1. The van der Waals surface area contributed by atoms with Gasteiger partial charge in [0.15, 0.2) is 6.61 Å². The van der Waals surface area contributed by atoms with E-state index in [1.807, 2.05) is 24.3 Å². The molecule has 30 heavy (non-hydrogen) atoms. The van der Waals surface area contributed by atoms with Crippen LogP contribution in [0.1, 0.15) is 28.1 Å². The summed E-state index contributed by atoms with van der Waals surface area (Å²) in [6, 6.07) is 11.8. The zero-order chi connectivity index (χ0) is 21.3. The van der Waals surface area contributed by atoms with Crippen LogP contribution in [0.4, 0.5) is 10.1 Å². The van der Waals surface area contributed by atoms with Gasteiger partial charge < -0.3 is 14.2 Å². The SMILES string of the molecule is Cc1onc(-c2c(F)cccc2Cl)c1C(=O)OCC(=O)N1CCCc2ccccc21. The smallest absolute Gasteiger partial charge is 0.344 e. The predicted octanol–water partition coefficient (Wildman–Crippen LogP) is 4.58. The van der Waals surface area contributed by atoms with Crippen LogP contribution in [0.15, 0.2) is 47.0 Å². The first-order valence-corrected chi connectivity index (χ1v) is 9.81. The number of ether oxygens (including phenoxy) is 1. The summed E-state index contributed by atoms with van der Waals surface area (Å²) in [7, 11) is 0. The van der Waals surface area contributed by atoms with Gasteiger partial charge in [-0.15, -0.1) is 0 Å². The molecule has 1 aliphatic rings. The number of hydrogen-bond donors (Lipinski definition) is 0. The summed E-state index contributed by atoms with van der Waals surface area (Å²) in [4.78, 5) is 27.0. The Bertz CT molecular complexity index is 1110. The van der Waals surface area contributed by atoms with Gasteiger partial charge in [-0.05, 0) is 43.5 Å². The fourth-order valence-corrected chi connectivity index (χ4v) is 3.83. The number of carbonyl (C=O) groups is 2. The predicted molar refractivity (Wildman–Crippen MR) is 109 cm³/mol. The van der Waals surface area contributed by atoms with Crippen molar-refractivity contribution in [2.75, 3.05) is 18.1 Å². The number of esters is 1. The van der Waals surface area contributed by atoms with E-state index in [9.17, 15) is 14.0 Å². The third-order valence-corrected chi connectivity index (χ3v) is 5.32. The lowest BCUT2D eigenvalue weighted by atomic mass is 10.0. The van der Waals surface area contributed by atoms with Gasteiger partial charge in [0, 0.05) is 12.2 Å². The third kappa shape index (κ3) is 3.68. The first kappa shape index (κ1) is 20.1. The molecule has 3 aromatic rings. The number of carbonyl (C=O) groups excluding carboxylic acids is 2. The van der Waals surface area contributed by atoms with E-state index in [2.05, 4.69) is 5.16 Å². The van der Waals surface area contributed by atoms with Crippen LogP contribution in [-0.4, -0.2) is 30.2 Å². The minimum atomic E-state index is -0.832. The molecule has 1 amide bonds. The van der Waals surface area contributed by atoms with Gasteiger partial charge in [-0.3, -0.25) is 4.79 Å². The molecule has 0 unspecified atom stereocenters. The zero-order valence-corrected chi connectivity index (χ0v) is 16.9. The van der Waals surface area contributed by atoms with E-state index in [0.717, 1.165) is 24.1 Å². The molecular weight excluding hydrogens is 411 g/mol. The molecule has 0 saturated heterocycles. The summed E-state index contributed by atoms with van der Waals surface area (Å²) in [6.45, 7) is 1.60. The number of aromatic nitrogens is 1. The van der Waals surface area contributed by atoms with Crippen molar-refractivity contribution in [3.8, 4) is 11.3 Å². The average Bonchev–Trinajstić information content (AvgIpc) is 3.12. The van der Waals surface area contributed by atoms with Crippen molar-refractivity contribution in [2.45, 2.75) is 19.8 Å². The van der Waals surface area contributed by atoms with Crippen LogP contribution in [0, 0.1) is 12.7 Å². The van der Waals surface area contributed by atoms with Crippen molar-refractivity contribution in [3.05, 3.63) is 70.2 Å². The van der Waals surface area contributed by atoms with Gasteiger partial charge in [0.05, 0.1) is 10.6 Å².